The molecule has 4 rings (SSSR count). The molecule has 1 aliphatic carbocycles. The quantitative estimate of drug-likeness (QED) is 0.748. The van der Waals surface area contributed by atoms with Crippen molar-refractivity contribution in [3.63, 3.8) is 0 Å². The van der Waals surface area contributed by atoms with Crippen molar-refractivity contribution in [2.75, 3.05) is 6.54 Å². The van der Waals surface area contributed by atoms with E-state index in [9.17, 15) is 9.90 Å². The van der Waals surface area contributed by atoms with E-state index in [2.05, 4.69) is 16.8 Å². The van der Waals surface area contributed by atoms with Crippen LogP contribution in [0, 0.1) is 0 Å². The summed E-state index contributed by atoms with van der Waals surface area (Å²) < 4.78 is 0. The number of hydrogen-bond donors (Lipinski definition) is 2. The predicted molar refractivity (Wildman–Crippen MR) is 101 cm³/mol. The van der Waals surface area contributed by atoms with Crippen molar-refractivity contribution in [2.45, 2.75) is 18.4 Å². The van der Waals surface area contributed by atoms with Crippen molar-refractivity contribution < 1.29 is 9.90 Å². The van der Waals surface area contributed by atoms with Crippen LogP contribution in [0.15, 0.2) is 65.4 Å². The summed E-state index contributed by atoms with van der Waals surface area (Å²) in [6.07, 6.45) is 1.49. The lowest BCUT2D eigenvalue weighted by Gasteiger charge is -2.24. The van der Waals surface area contributed by atoms with Gasteiger partial charge in [0.1, 0.15) is 5.60 Å². The van der Waals surface area contributed by atoms with Gasteiger partial charge >= 0.3 is 0 Å². The standard InChI is InChI=1S/C21H19NO2S/c23-20(17-7-5-15(6-8-17)18-10-12-25-13-18)22-14-21(24)11-9-16-3-1-2-4-19(16)21/h1-8,10,12-13,24H,9,11,14H2,(H,22,23)/t21-/m0/s1. The van der Waals surface area contributed by atoms with Crippen LogP contribution in [-0.4, -0.2) is 17.6 Å². The van der Waals surface area contributed by atoms with E-state index in [1.165, 1.54) is 5.56 Å². The Morgan fingerprint density at radius 1 is 1.08 bits per heavy atom. The van der Waals surface area contributed by atoms with Crippen molar-refractivity contribution >= 4 is 17.2 Å². The zero-order chi connectivity index (χ0) is 17.3. The lowest BCUT2D eigenvalue weighted by Crippen LogP contribution is -2.39. The van der Waals surface area contributed by atoms with Crippen LogP contribution in [0.1, 0.15) is 27.9 Å². The molecule has 1 atom stereocenters. The highest BCUT2D eigenvalue weighted by molar-refractivity contribution is 7.08. The maximum atomic E-state index is 12.4. The van der Waals surface area contributed by atoms with Gasteiger partial charge in [-0.15, -0.1) is 0 Å². The van der Waals surface area contributed by atoms with Crippen molar-refractivity contribution in [3.8, 4) is 11.1 Å². The third-order valence-corrected chi connectivity index (χ3v) is 5.55. The first-order chi connectivity index (χ1) is 12.2. The van der Waals surface area contributed by atoms with Gasteiger partial charge in [0.05, 0.1) is 6.54 Å². The van der Waals surface area contributed by atoms with Gasteiger partial charge in [0.15, 0.2) is 0 Å². The van der Waals surface area contributed by atoms with E-state index in [4.69, 9.17) is 0 Å². The molecule has 126 valence electrons. The molecule has 25 heavy (non-hydrogen) atoms. The SMILES string of the molecule is O=C(NC[C@@]1(O)CCc2ccccc21)c1ccc(-c2ccsc2)cc1. The van der Waals surface area contributed by atoms with Crippen LogP contribution in [0.4, 0.5) is 0 Å². The molecule has 0 radical (unpaired) electrons. The van der Waals surface area contributed by atoms with Gasteiger partial charge in [0.25, 0.3) is 5.91 Å². The van der Waals surface area contributed by atoms with E-state index in [0.717, 1.165) is 23.1 Å². The van der Waals surface area contributed by atoms with Crippen LogP contribution in [0.25, 0.3) is 11.1 Å². The van der Waals surface area contributed by atoms with Crippen LogP contribution in [0.3, 0.4) is 0 Å². The van der Waals surface area contributed by atoms with Gasteiger partial charge < -0.3 is 10.4 Å². The molecule has 1 amide bonds. The van der Waals surface area contributed by atoms with Crippen molar-refractivity contribution in [1.82, 2.24) is 5.32 Å². The average molecular weight is 349 g/mol. The summed E-state index contributed by atoms with van der Waals surface area (Å²) in [5, 5.41) is 17.9. The van der Waals surface area contributed by atoms with Gasteiger partial charge in [-0.05, 0) is 64.1 Å². The van der Waals surface area contributed by atoms with E-state index >= 15 is 0 Å². The fourth-order valence-corrected chi connectivity index (χ4v) is 4.09. The third-order valence-electron chi connectivity index (χ3n) is 4.87. The van der Waals surface area contributed by atoms with Crippen LogP contribution in [0.2, 0.25) is 0 Å². The van der Waals surface area contributed by atoms with Gasteiger partial charge in [-0.1, -0.05) is 36.4 Å². The zero-order valence-corrected chi connectivity index (χ0v) is 14.6. The van der Waals surface area contributed by atoms with Gasteiger partial charge in [-0.3, -0.25) is 4.79 Å². The Kier molecular flexibility index (Phi) is 4.15. The number of amides is 1. The van der Waals surface area contributed by atoms with Crippen molar-refractivity contribution in [3.05, 3.63) is 82.0 Å². The first kappa shape index (κ1) is 16.1. The fraction of sp³-hybridized carbons (Fsp3) is 0.190. The topological polar surface area (TPSA) is 49.3 Å². The van der Waals surface area contributed by atoms with Crippen LogP contribution in [-0.2, 0) is 12.0 Å². The number of hydrogen-bond acceptors (Lipinski definition) is 3. The number of benzene rings is 2. The molecule has 3 aromatic rings. The van der Waals surface area contributed by atoms with Crippen LogP contribution >= 0.6 is 11.3 Å². The highest BCUT2D eigenvalue weighted by Crippen LogP contribution is 2.36. The lowest BCUT2D eigenvalue weighted by atomic mass is 9.96. The average Bonchev–Trinajstić information content (AvgIpc) is 3.30. The van der Waals surface area contributed by atoms with Gasteiger partial charge in [0.2, 0.25) is 0 Å². The molecule has 0 bridgehead atoms. The lowest BCUT2D eigenvalue weighted by molar-refractivity contribution is 0.0369. The Morgan fingerprint density at radius 3 is 2.64 bits per heavy atom. The van der Waals surface area contributed by atoms with Gasteiger partial charge in [-0.2, -0.15) is 11.3 Å². The highest BCUT2D eigenvalue weighted by Gasteiger charge is 2.36. The third kappa shape index (κ3) is 3.11. The van der Waals surface area contributed by atoms with Crippen molar-refractivity contribution in [2.24, 2.45) is 0 Å². The van der Waals surface area contributed by atoms with Crippen LogP contribution < -0.4 is 5.32 Å². The molecular formula is C21H19NO2S. The molecule has 2 aromatic carbocycles. The maximum Gasteiger partial charge on any atom is 0.251 e. The number of nitrogens with one attached hydrogen (secondary N) is 1. The Bertz CT molecular complexity index is 887. The number of aliphatic hydroxyl groups is 1. The smallest absolute Gasteiger partial charge is 0.251 e. The summed E-state index contributed by atoms with van der Waals surface area (Å²) >= 11 is 1.65. The molecule has 0 spiro atoms. The second-order valence-corrected chi connectivity index (χ2v) is 7.24. The van der Waals surface area contributed by atoms with E-state index in [1.807, 2.05) is 53.9 Å². The minimum atomic E-state index is -0.969. The molecule has 3 nitrogen and oxygen atoms in total. The second kappa shape index (κ2) is 6.47. The molecular weight excluding hydrogens is 330 g/mol. The summed E-state index contributed by atoms with van der Waals surface area (Å²) in [5.74, 6) is -0.158. The number of rotatable bonds is 4. The summed E-state index contributed by atoms with van der Waals surface area (Å²) in [5.41, 5.74) is 3.99. The van der Waals surface area contributed by atoms with Gasteiger partial charge in [-0.25, -0.2) is 0 Å². The number of fused-ring (bicyclic) bond motifs is 1. The Labute approximate surface area is 151 Å². The molecule has 1 aliphatic rings. The minimum absolute atomic E-state index is 0.158. The number of carbonyl (C=O) groups is 1. The number of thiophene rings is 1. The zero-order valence-electron chi connectivity index (χ0n) is 13.7. The molecule has 0 saturated carbocycles. The Balaban J connectivity index is 1.44. The predicted octanol–water partition coefficient (Wildman–Crippen LogP) is 3.98. The summed E-state index contributed by atoms with van der Waals surface area (Å²) in [6.45, 7) is 0.231. The van der Waals surface area contributed by atoms with E-state index in [0.29, 0.717) is 12.0 Å². The molecule has 4 heteroatoms. The summed E-state index contributed by atoms with van der Waals surface area (Å²) in [6, 6.07) is 17.5. The van der Waals surface area contributed by atoms with E-state index < -0.39 is 5.60 Å². The summed E-state index contributed by atoms with van der Waals surface area (Å²) in [4.78, 5) is 12.4. The molecule has 1 heterocycles. The molecule has 0 unspecified atom stereocenters. The Hall–Kier alpha value is -2.43. The van der Waals surface area contributed by atoms with Crippen LogP contribution in [0.5, 0.6) is 0 Å². The molecule has 0 fully saturated rings. The van der Waals surface area contributed by atoms with E-state index in [-0.39, 0.29) is 12.5 Å². The largest absolute Gasteiger partial charge is 0.383 e. The first-order valence-corrected chi connectivity index (χ1v) is 9.32. The highest BCUT2D eigenvalue weighted by atomic mass is 32.1. The first-order valence-electron chi connectivity index (χ1n) is 8.37. The van der Waals surface area contributed by atoms with E-state index in [1.54, 1.807) is 11.3 Å². The summed E-state index contributed by atoms with van der Waals surface area (Å²) in [7, 11) is 0. The Morgan fingerprint density at radius 2 is 1.88 bits per heavy atom. The monoisotopic (exact) mass is 349 g/mol. The molecule has 0 saturated heterocycles. The maximum absolute atomic E-state index is 12.4. The second-order valence-electron chi connectivity index (χ2n) is 6.46. The number of aryl methyl sites for hydroxylation is 1. The normalized spacial score (nSPS) is 18.8. The number of carbonyl (C=O) groups excluding carboxylic acids is 1. The molecule has 0 aliphatic heterocycles. The fourth-order valence-electron chi connectivity index (χ4n) is 3.42. The van der Waals surface area contributed by atoms with Gasteiger partial charge in [0, 0.05) is 5.56 Å². The molecule has 2 N–H and O–H groups in total. The van der Waals surface area contributed by atoms with Crippen molar-refractivity contribution in [1.29, 1.82) is 0 Å². The molecule has 1 aromatic heterocycles. The minimum Gasteiger partial charge on any atom is -0.383 e.